The van der Waals surface area contributed by atoms with Crippen LogP contribution in [0.15, 0.2) is 0 Å². The molecule has 0 aliphatic heterocycles. The molecule has 0 heterocycles. The third kappa shape index (κ3) is 89.3. The van der Waals surface area contributed by atoms with Crippen LogP contribution in [0.2, 0.25) is 18.1 Å². The first-order valence-corrected chi connectivity index (χ1v) is 9.90. The summed E-state index contributed by atoms with van der Waals surface area (Å²) in [4.78, 5) is 0. The summed E-state index contributed by atoms with van der Waals surface area (Å²) in [5, 5.41) is 21.5. The molecular weight excluding hydrogens is 386 g/mol. The molecule has 0 atom stereocenters. The zero-order valence-electron chi connectivity index (χ0n) is 11.9. The fourth-order valence-corrected chi connectivity index (χ4v) is 0. The minimum Gasteiger partial charge on any atom is -0.402 e. The van der Waals surface area contributed by atoms with E-state index in [2.05, 4.69) is 0 Å². The van der Waals surface area contributed by atoms with Crippen LogP contribution in [0.1, 0.15) is 0 Å². The maximum absolute atomic E-state index is 10.8. The quantitative estimate of drug-likeness (QED) is 0.357. The molecule has 0 spiro atoms. The predicted octanol–water partition coefficient (Wildman–Crippen LogP) is -1.05. The Balaban J connectivity index is -0.0000000994. The van der Waals surface area contributed by atoms with Crippen LogP contribution < -0.4 is 0 Å². The first kappa shape index (κ1) is 29.9. The molecule has 0 rings (SSSR count). The van der Waals surface area contributed by atoms with E-state index in [1.54, 1.807) is 0 Å². The molecule has 3 nitrogen and oxygen atoms in total. The lowest BCUT2D eigenvalue weighted by Crippen LogP contribution is -2.07. The van der Waals surface area contributed by atoms with Gasteiger partial charge in [0.15, 0.2) is 0 Å². The molecule has 0 unspecified atom stereocenters. The van der Waals surface area contributed by atoms with E-state index >= 15 is 0 Å². The molecule has 16 heteroatoms. The summed E-state index contributed by atoms with van der Waals surface area (Å²) in [5.41, 5.74) is 0. The molecule has 0 fully saturated rings. The van der Waals surface area contributed by atoms with Crippen LogP contribution in [0.4, 0.5) is 39.5 Å². The van der Waals surface area contributed by atoms with Crippen molar-refractivity contribution < 1.29 is 54.6 Å². The van der Waals surface area contributed by atoms with Crippen LogP contribution in [0.25, 0.3) is 0 Å². The van der Waals surface area contributed by atoms with E-state index in [9.17, 15) is 39.5 Å². The second kappa shape index (κ2) is 14.6. The zero-order chi connectivity index (χ0) is 19.2. The number of hydrogen-bond donors (Lipinski definition) is 3. The molecule has 0 aliphatic carbocycles. The SMILES string of the molecule is FC(F)(F)C[SiH3].FC(F)(F)C[SiH3].FC(F)(F)C[SiH3].OB(O)O. The highest BCUT2D eigenvalue weighted by molar-refractivity contribution is 6.30. The Morgan fingerprint density at radius 3 is 0.591 bits per heavy atom. The molecule has 0 bridgehead atoms. The van der Waals surface area contributed by atoms with E-state index in [1.165, 1.54) is 0 Å². The van der Waals surface area contributed by atoms with Crippen molar-refractivity contribution >= 4 is 38.0 Å². The van der Waals surface area contributed by atoms with Crippen molar-refractivity contribution in [3.63, 3.8) is 0 Å². The van der Waals surface area contributed by atoms with Gasteiger partial charge in [0.2, 0.25) is 0 Å². The number of alkyl halides is 9. The summed E-state index contributed by atoms with van der Waals surface area (Å²) >= 11 is 0. The Labute approximate surface area is 130 Å². The van der Waals surface area contributed by atoms with Gasteiger partial charge in [-0.25, -0.2) is 0 Å². The minimum atomic E-state index is -3.90. The van der Waals surface area contributed by atoms with Gasteiger partial charge in [-0.1, -0.05) is 0 Å². The fraction of sp³-hybridized carbons (Fsp3) is 1.00. The number of rotatable bonds is 0. The lowest BCUT2D eigenvalue weighted by molar-refractivity contribution is -0.110. The van der Waals surface area contributed by atoms with E-state index in [0.717, 1.165) is 0 Å². The van der Waals surface area contributed by atoms with Crippen LogP contribution in [0.3, 0.4) is 0 Å². The van der Waals surface area contributed by atoms with Gasteiger partial charge in [-0.15, -0.1) is 0 Å². The van der Waals surface area contributed by atoms with Gasteiger partial charge in [0.05, 0.1) is 0 Å². The van der Waals surface area contributed by atoms with Gasteiger partial charge in [-0.3, -0.25) is 0 Å². The van der Waals surface area contributed by atoms with E-state index in [-0.39, 0.29) is 30.7 Å². The first-order valence-electron chi connectivity index (χ1n) is 5.66. The Bertz CT molecular complexity index is 198. The van der Waals surface area contributed by atoms with Crippen molar-refractivity contribution in [1.82, 2.24) is 0 Å². The van der Waals surface area contributed by atoms with E-state index in [4.69, 9.17) is 15.1 Å². The van der Waals surface area contributed by atoms with Gasteiger partial charge >= 0.3 is 25.9 Å². The van der Waals surface area contributed by atoms with Crippen LogP contribution in [0.5, 0.6) is 0 Å². The number of halogens is 9. The van der Waals surface area contributed by atoms with Gasteiger partial charge in [0, 0.05) is 48.9 Å². The van der Waals surface area contributed by atoms with E-state index in [1.807, 2.05) is 0 Å². The van der Waals surface area contributed by atoms with Crippen molar-refractivity contribution in [3.8, 4) is 0 Å². The molecule has 0 aliphatic rings. The van der Waals surface area contributed by atoms with Crippen LogP contribution in [-0.2, 0) is 0 Å². The van der Waals surface area contributed by atoms with Crippen LogP contribution in [0, 0.1) is 0 Å². The smallest absolute Gasteiger partial charge is 0.402 e. The molecular formula is C6H18BF9O3Si3. The highest BCUT2D eigenvalue weighted by atomic mass is 28.2. The molecule has 0 aromatic carbocycles. The average molecular weight is 404 g/mol. The largest absolute Gasteiger partial charge is 0.631 e. The molecule has 0 aromatic heterocycles. The third-order valence-electron chi connectivity index (χ3n) is 1.20. The summed E-state index contributed by atoms with van der Waals surface area (Å²) in [7, 11) is -1.50. The summed E-state index contributed by atoms with van der Waals surface area (Å²) in [6, 6.07) is -1.77. The molecule has 0 radical (unpaired) electrons. The maximum Gasteiger partial charge on any atom is 0.631 e. The van der Waals surface area contributed by atoms with Crippen molar-refractivity contribution in [2.45, 2.75) is 36.7 Å². The van der Waals surface area contributed by atoms with E-state index < -0.39 is 44.0 Å². The topological polar surface area (TPSA) is 60.7 Å². The lowest BCUT2D eigenvalue weighted by atomic mass is 10.3. The Morgan fingerprint density at radius 2 is 0.591 bits per heavy atom. The normalized spacial score (nSPS) is 11.5. The molecule has 22 heavy (non-hydrogen) atoms. The van der Waals surface area contributed by atoms with Crippen molar-refractivity contribution in [2.24, 2.45) is 0 Å². The maximum atomic E-state index is 10.8. The summed E-state index contributed by atoms with van der Waals surface area (Å²) in [6.07, 6.45) is -11.7. The Hall–Kier alpha value is -0.0344. The standard InChI is InChI=1S/3C2H5F3Si.BH3O3/c3*3-2(4,5)1-6;2-1(3)4/h3*1H2,6H3;2-4H. The van der Waals surface area contributed by atoms with Crippen molar-refractivity contribution in [2.75, 3.05) is 0 Å². The van der Waals surface area contributed by atoms with Gasteiger partial charge in [-0.05, 0) is 0 Å². The second-order valence-corrected chi connectivity index (χ2v) is 5.37. The molecule has 3 N–H and O–H groups in total. The highest BCUT2D eigenvalue weighted by Crippen LogP contribution is 2.17. The molecule has 0 saturated carbocycles. The number of hydrogen-bond acceptors (Lipinski definition) is 3. The molecule has 0 amide bonds. The average Bonchev–Trinajstić information content (AvgIpc) is 2.27. The van der Waals surface area contributed by atoms with Crippen LogP contribution >= 0.6 is 0 Å². The van der Waals surface area contributed by atoms with Gasteiger partial charge in [-0.2, -0.15) is 39.5 Å². The summed E-state index contributed by atoms with van der Waals surface area (Å²) < 4.78 is 97.4. The second-order valence-electron chi connectivity index (χ2n) is 3.25. The van der Waals surface area contributed by atoms with Gasteiger partial charge < -0.3 is 15.1 Å². The first-order chi connectivity index (χ1) is 9.41. The minimum absolute atomic E-state index is 0.223. The fourth-order valence-electron chi connectivity index (χ4n) is 0. The van der Waals surface area contributed by atoms with Gasteiger partial charge in [0.25, 0.3) is 0 Å². The highest BCUT2D eigenvalue weighted by Gasteiger charge is 2.23. The van der Waals surface area contributed by atoms with Crippen molar-refractivity contribution in [3.05, 3.63) is 0 Å². The van der Waals surface area contributed by atoms with Gasteiger partial charge in [0.1, 0.15) is 0 Å². The van der Waals surface area contributed by atoms with Crippen molar-refractivity contribution in [1.29, 1.82) is 0 Å². The summed E-state index contributed by atoms with van der Waals surface area (Å²) in [6.45, 7) is 0. The van der Waals surface area contributed by atoms with Crippen LogP contribution in [-0.4, -0.2) is 71.6 Å². The van der Waals surface area contributed by atoms with E-state index in [0.29, 0.717) is 0 Å². The summed E-state index contributed by atoms with van der Waals surface area (Å²) in [5.74, 6) is 0. The lowest BCUT2D eigenvalue weighted by Gasteiger charge is -1.96. The molecule has 138 valence electrons. The molecule has 0 aromatic rings. The predicted molar refractivity (Wildman–Crippen MR) is 74.8 cm³/mol. The molecule has 0 saturated heterocycles. The third-order valence-corrected chi connectivity index (χ3v) is 3.61. The Kier molecular flexibility index (Phi) is 19.8. The zero-order valence-corrected chi connectivity index (χ0v) is 17.9. The Morgan fingerprint density at radius 1 is 0.545 bits per heavy atom. The monoisotopic (exact) mass is 404 g/mol.